The van der Waals surface area contributed by atoms with Gasteiger partial charge in [-0.15, -0.1) is 34.4 Å². The third-order valence-electron chi connectivity index (χ3n) is 4.03. The van der Waals surface area contributed by atoms with Crippen LogP contribution in [0, 0.1) is 5.82 Å². The number of thioether (sulfide) groups is 1. The predicted molar refractivity (Wildman–Crippen MR) is 107 cm³/mol. The number of halogens is 1. The normalized spacial score (nSPS) is 16.7. The first kappa shape index (κ1) is 17.5. The third kappa shape index (κ3) is 3.60. The number of thiophene rings is 2. The fraction of sp³-hybridized carbons (Fsp3) is 0.158. The molecule has 3 nitrogen and oxygen atoms in total. The summed E-state index contributed by atoms with van der Waals surface area (Å²) in [5.41, 5.74) is 0.933. The van der Waals surface area contributed by atoms with Crippen molar-refractivity contribution in [3.05, 3.63) is 74.9 Å². The minimum Gasteiger partial charge on any atom is -0.272 e. The Hall–Kier alpha value is -1.96. The van der Waals surface area contributed by atoms with E-state index < -0.39 is 0 Å². The van der Waals surface area contributed by atoms with E-state index in [0.29, 0.717) is 11.3 Å². The van der Waals surface area contributed by atoms with E-state index in [2.05, 4.69) is 5.10 Å². The molecule has 132 valence electrons. The molecule has 0 fully saturated rings. The van der Waals surface area contributed by atoms with Gasteiger partial charge in [-0.3, -0.25) is 4.79 Å². The van der Waals surface area contributed by atoms with Crippen molar-refractivity contribution in [3.63, 3.8) is 0 Å². The van der Waals surface area contributed by atoms with E-state index in [1.807, 2.05) is 35.0 Å². The number of hydrogen-bond acceptors (Lipinski definition) is 5. The minimum absolute atomic E-state index is 0.0826. The number of hydrogen-bond donors (Lipinski definition) is 0. The summed E-state index contributed by atoms with van der Waals surface area (Å²) in [5, 5.41) is 10.2. The molecule has 0 spiro atoms. The highest BCUT2D eigenvalue weighted by Gasteiger charge is 2.33. The number of rotatable bonds is 5. The zero-order valence-electron chi connectivity index (χ0n) is 13.7. The summed E-state index contributed by atoms with van der Waals surface area (Å²) in [6.07, 6.45) is 0.705. The fourth-order valence-corrected chi connectivity index (χ4v) is 5.13. The second-order valence-corrected chi connectivity index (χ2v) is 8.66. The summed E-state index contributed by atoms with van der Waals surface area (Å²) < 4.78 is 13.8. The molecule has 26 heavy (non-hydrogen) atoms. The second-order valence-electron chi connectivity index (χ2n) is 5.72. The van der Waals surface area contributed by atoms with Crippen molar-refractivity contribution in [1.82, 2.24) is 5.01 Å². The van der Waals surface area contributed by atoms with E-state index in [9.17, 15) is 9.18 Å². The summed E-state index contributed by atoms with van der Waals surface area (Å²) in [7, 11) is 0. The number of carbonyl (C=O) groups is 1. The fourth-order valence-electron chi connectivity index (χ4n) is 2.80. The molecule has 1 aliphatic heterocycles. The van der Waals surface area contributed by atoms with Crippen molar-refractivity contribution in [2.45, 2.75) is 17.4 Å². The molecule has 0 saturated carbocycles. The van der Waals surface area contributed by atoms with E-state index in [1.165, 1.54) is 17.8 Å². The number of amides is 1. The molecule has 4 rings (SSSR count). The van der Waals surface area contributed by atoms with Crippen LogP contribution in [-0.4, -0.2) is 22.4 Å². The highest BCUT2D eigenvalue weighted by atomic mass is 32.2. The van der Waals surface area contributed by atoms with E-state index in [-0.39, 0.29) is 23.5 Å². The number of benzene rings is 1. The van der Waals surface area contributed by atoms with Crippen molar-refractivity contribution in [1.29, 1.82) is 0 Å². The highest BCUT2D eigenvalue weighted by Crippen LogP contribution is 2.36. The van der Waals surface area contributed by atoms with Crippen LogP contribution in [0.5, 0.6) is 0 Å². The summed E-state index contributed by atoms with van der Waals surface area (Å²) in [6, 6.07) is 14.5. The molecule has 1 aliphatic rings. The molecule has 0 saturated heterocycles. The molecule has 1 atom stereocenters. The summed E-state index contributed by atoms with van der Waals surface area (Å²) in [4.78, 5) is 15.5. The van der Waals surface area contributed by atoms with Gasteiger partial charge in [-0.25, -0.2) is 9.40 Å². The van der Waals surface area contributed by atoms with Gasteiger partial charge in [-0.05, 0) is 35.0 Å². The van der Waals surface area contributed by atoms with Crippen LogP contribution in [0.25, 0.3) is 0 Å². The molecule has 7 heteroatoms. The van der Waals surface area contributed by atoms with Gasteiger partial charge < -0.3 is 0 Å². The van der Waals surface area contributed by atoms with Gasteiger partial charge in [0, 0.05) is 16.2 Å². The Bertz CT molecular complexity index is 922. The summed E-state index contributed by atoms with van der Waals surface area (Å²) >= 11 is 4.46. The van der Waals surface area contributed by atoms with Crippen LogP contribution in [0.15, 0.2) is 69.3 Å². The lowest BCUT2D eigenvalue weighted by Gasteiger charge is -2.20. The largest absolute Gasteiger partial charge is 0.272 e. The standard InChI is InChI=1S/C19H15FN2OS3/c20-13-5-1-2-6-16(13)26-12-19(23)22-15(18-8-4-10-25-18)11-14(21-22)17-7-3-9-24-17/h1-10,15H,11-12H2. The van der Waals surface area contributed by atoms with E-state index in [0.717, 1.165) is 15.5 Å². The van der Waals surface area contributed by atoms with Crippen LogP contribution < -0.4 is 0 Å². The lowest BCUT2D eigenvalue weighted by atomic mass is 10.1. The SMILES string of the molecule is O=C(CSc1ccccc1F)N1N=C(c2cccs2)CC1c1cccs1. The van der Waals surface area contributed by atoms with Crippen LogP contribution in [0.2, 0.25) is 0 Å². The highest BCUT2D eigenvalue weighted by molar-refractivity contribution is 8.00. The van der Waals surface area contributed by atoms with Crippen molar-refractivity contribution in [2.75, 3.05) is 5.75 Å². The Balaban J connectivity index is 1.54. The molecule has 2 aromatic heterocycles. The maximum Gasteiger partial charge on any atom is 0.253 e. The maximum atomic E-state index is 13.8. The van der Waals surface area contributed by atoms with E-state index >= 15 is 0 Å². The quantitative estimate of drug-likeness (QED) is 0.534. The molecule has 1 aromatic carbocycles. The van der Waals surface area contributed by atoms with Gasteiger partial charge >= 0.3 is 0 Å². The lowest BCUT2D eigenvalue weighted by molar-refractivity contribution is -0.130. The molecular formula is C19H15FN2OS3. The first-order valence-corrected chi connectivity index (χ1v) is 10.8. The Morgan fingerprint density at radius 2 is 1.96 bits per heavy atom. The van der Waals surface area contributed by atoms with Crippen molar-refractivity contribution >= 4 is 46.1 Å². The second kappa shape index (κ2) is 7.73. The molecular weight excluding hydrogens is 387 g/mol. The molecule has 3 aromatic rings. The molecule has 0 bridgehead atoms. The van der Waals surface area contributed by atoms with Gasteiger partial charge in [0.2, 0.25) is 0 Å². The molecule has 3 heterocycles. The van der Waals surface area contributed by atoms with Crippen LogP contribution in [0.1, 0.15) is 22.2 Å². The average molecular weight is 403 g/mol. The van der Waals surface area contributed by atoms with Crippen LogP contribution in [-0.2, 0) is 4.79 Å². The van der Waals surface area contributed by atoms with Gasteiger partial charge in [0.15, 0.2) is 0 Å². The summed E-state index contributed by atoms with van der Waals surface area (Å²) in [6.45, 7) is 0. The topological polar surface area (TPSA) is 32.7 Å². The van der Waals surface area contributed by atoms with Crippen molar-refractivity contribution in [3.8, 4) is 0 Å². The lowest BCUT2D eigenvalue weighted by Crippen LogP contribution is -2.28. The van der Waals surface area contributed by atoms with E-state index in [4.69, 9.17) is 0 Å². The maximum absolute atomic E-state index is 13.8. The van der Waals surface area contributed by atoms with E-state index in [1.54, 1.807) is 45.9 Å². The van der Waals surface area contributed by atoms with Gasteiger partial charge in [-0.2, -0.15) is 5.10 Å². The predicted octanol–water partition coefficient (Wildman–Crippen LogP) is 5.42. The molecule has 1 unspecified atom stereocenters. The Kier molecular flexibility index (Phi) is 5.19. The molecule has 0 aliphatic carbocycles. The Morgan fingerprint density at radius 3 is 2.69 bits per heavy atom. The Morgan fingerprint density at radius 1 is 1.15 bits per heavy atom. The molecule has 0 radical (unpaired) electrons. The van der Waals surface area contributed by atoms with Gasteiger partial charge in [0.05, 0.1) is 22.4 Å². The monoisotopic (exact) mass is 402 g/mol. The number of hydrazone groups is 1. The molecule has 1 amide bonds. The third-order valence-corrected chi connectivity index (χ3v) is 6.96. The van der Waals surface area contributed by atoms with Crippen molar-refractivity contribution < 1.29 is 9.18 Å². The molecule has 0 N–H and O–H groups in total. The smallest absolute Gasteiger partial charge is 0.253 e. The van der Waals surface area contributed by atoms with Crippen LogP contribution in [0.3, 0.4) is 0 Å². The zero-order chi connectivity index (χ0) is 17.9. The Labute approximate surface area is 163 Å². The van der Waals surface area contributed by atoms with Crippen LogP contribution >= 0.6 is 34.4 Å². The van der Waals surface area contributed by atoms with Gasteiger partial charge in [0.25, 0.3) is 5.91 Å². The van der Waals surface area contributed by atoms with Crippen molar-refractivity contribution in [2.24, 2.45) is 5.10 Å². The summed E-state index contributed by atoms with van der Waals surface area (Å²) in [5.74, 6) is -0.253. The average Bonchev–Trinajstić information content (AvgIpc) is 3.41. The van der Waals surface area contributed by atoms with Gasteiger partial charge in [-0.1, -0.05) is 24.3 Å². The number of nitrogens with zero attached hydrogens (tertiary/aromatic N) is 2. The number of carbonyl (C=O) groups excluding carboxylic acids is 1. The van der Waals surface area contributed by atoms with Crippen LogP contribution in [0.4, 0.5) is 4.39 Å². The van der Waals surface area contributed by atoms with Gasteiger partial charge in [0.1, 0.15) is 5.82 Å². The first-order chi connectivity index (χ1) is 12.7. The zero-order valence-corrected chi connectivity index (χ0v) is 16.1. The first-order valence-electron chi connectivity index (χ1n) is 8.06. The minimum atomic E-state index is -0.302.